The summed E-state index contributed by atoms with van der Waals surface area (Å²) in [5.74, 6) is 1.47. The standard InChI is InChI=1S/C40H57NO4/c1-24(2)33-29(43)23-40(35(44)41-25(3)27-13-11-10-12-14-27)22-21-38(8)28(34(33)40)15-16-31-37(7)19-18-32(45-26(4)42)36(5,6)30(37)17-20-39(31,38)9/h10-14,24-25,28,30-32H,15-23H2,1-9H3,(H,41,44)/t25?,28-,30+,31-,32+,37+,38-,39-,40-/m1/s1. The Morgan fingerprint density at radius 3 is 2.18 bits per heavy atom. The lowest BCUT2D eigenvalue weighted by Gasteiger charge is -2.72. The molecule has 246 valence electrons. The molecule has 0 aliphatic heterocycles. The molecule has 5 aliphatic carbocycles. The molecule has 1 unspecified atom stereocenters. The van der Waals surface area contributed by atoms with E-state index in [1.807, 2.05) is 18.2 Å². The predicted octanol–water partition coefficient (Wildman–Crippen LogP) is 8.78. The van der Waals surface area contributed by atoms with Crippen molar-refractivity contribution in [3.05, 3.63) is 47.0 Å². The Morgan fingerprint density at radius 2 is 1.53 bits per heavy atom. The Balaban J connectivity index is 1.37. The van der Waals surface area contributed by atoms with E-state index in [0.29, 0.717) is 18.3 Å². The summed E-state index contributed by atoms with van der Waals surface area (Å²) in [5, 5.41) is 3.39. The SMILES string of the molecule is CC(=O)O[C@H]1CC[C@]2(C)[C@H]3CC[C@@H]4C5=C(C(C)C)C(=O)C[C@]5(C(=O)NC(C)c5ccccc5)CC[C@@]4(C)[C@]3(C)CC[C@H]2C1(C)C. The third-order valence-electron chi connectivity index (χ3n) is 14.8. The summed E-state index contributed by atoms with van der Waals surface area (Å²) in [5.41, 5.74) is 2.72. The Kier molecular flexibility index (Phi) is 7.81. The molecule has 1 amide bonds. The van der Waals surface area contributed by atoms with Gasteiger partial charge >= 0.3 is 5.97 Å². The Hall–Kier alpha value is -2.43. The van der Waals surface area contributed by atoms with Crippen LogP contribution >= 0.6 is 0 Å². The number of allylic oxidation sites excluding steroid dienone is 1. The molecule has 4 fully saturated rings. The topological polar surface area (TPSA) is 72.5 Å². The van der Waals surface area contributed by atoms with Gasteiger partial charge in [-0.2, -0.15) is 0 Å². The van der Waals surface area contributed by atoms with Gasteiger partial charge in [0.15, 0.2) is 5.78 Å². The highest BCUT2D eigenvalue weighted by atomic mass is 16.5. The van der Waals surface area contributed by atoms with Crippen LogP contribution in [-0.4, -0.2) is 23.8 Å². The van der Waals surface area contributed by atoms with Gasteiger partial charge < -0.3 is 10.1 Å². The third kappa shape index (κ3) is 4.55. The van der Waals surface area contributed by atoms with Crippen molar-refractivity contribution < 1.29 is 19.1 Å². The Morgan fingerprint density at radius 1 is 0.844 bits per heavy atom. The monoisotopic (exact) mass is 615 g/mol. The van der Waals surface area contributed by atoms with Crippen molar-refractivity contribution in [1.29, 1.82) is 0 Å². The zero-order valence-electron chi connectivity index (χ0n) is 29.3. The Labute approximate surface area is 271 Å². The van der Waals surface area contributed by atoms with E-state index < -0.39 is 5.41 Å². The van der Waals surface area contributed by atoms with E-state index in [-0.39, 0.29) is 63.3 Å². The lowest BCUT2D eigenvalue weighted by molar-refractivity contribution is -0.232. The van der Waals surface area contributed by atoms with Gasteiger partial charge in [-0.25, -0.2) is 0 Å². The number of hydrogen-bond donors (Lipinski definition) is 1. The number of carbonyl (C=O) groups is 3. The van der Waals surface area contributed by atoms with Crippen molar-refractivity contribution in [1.82, 2.24) is 5.32 Å². The van der Waals surface area contributed by atoms with Gasteiger partial charge in [-0.1, -0.05) is 78.8 Å². The minimum atomic E-state index is -0.738. The average molecular weight is 616 g/mol. The van der Waals surface area contributed by atoms with Gasteiger partial charge in [-0.05, 0) is 115 Å². The van der Waals surface area contributed by atoms with Crippen LogP contribution in [0.1, 0.15) is 132 Å². The number of amides is 1. The summed E-state index contributed by atoms with van der Waals surface area (Å²) in [7, 11) is 0. The number of Topliss-reactive ketones (excluding diaryl/α,β-unsaturated/α-hetero) is 1. The highest BCUT2D eigenvalue weighted by Gasteiger charge is 2.71. The number of ketones is 1. The largest absolute Gasteiger partial charge is 0.462 e. The second-order valence-electron chi connectivity index (χ2n) is 17.3. The van der Waals surface area contributed by atoms with Crippen molar-refractivity contribution in [2.75, 3.05) is 0 Å². The maximum absolute atomic E-state index is 14.5. The predicted molar refractivity (Wildman–Crippen MR) is 178 cm³/mol. The molecule has 0 saturated heterocycles. The van der Waals surface area contributed by atoms with E-state index in [0.717, 1.165) is 62.5 Å². The first kappa shape index (κ1) is 32.5. The van der Waals surface area contributed by atoms with Crippen LogP contribution in [-0.2, 0) is 19.1 Å². The molecule has 45 heavy (non-hydrogen) atoms. The van der Waals surface area contributed by atoms with E-state index in [4.69, 9.17) is 4.74 Å². The van der Waals surface area contributed by atoms with Gasteiger partial charge in [0.05, 0.1) is 11.5 Å². The lowest BCUT2D eigenvalue weighted by atomic mass is 9.33. The molecule has 6 rings (SSSR count). The quantitative estimate of drug-likeness (QED) is 0.336. The number of rotatable bonds is 5. The molecule has 9 atom stereocenters. The summed E-state index contributed by atoms with van der Waals surface area (Å²) in [6, 6.07) is 10.0. The molecule has 0 spiro atoms. The van der Waals surface area contributed by atoms with Crippen LogP contribution in [0.2, 0.25) is 0 Å². The minimum absolute atomic E-state index is 0.00962. The molecule has 0 bridgehead atoms. The molecule has 0 radical (unpaired) electrons. The molecule has 5 heteroatoms. The summed E-state index contributed by atoms with van der Waals surface area (Å²) in [6.07, 6.45) is 8.45. The molecule has 5 nitrogen and oxygen atoms in total. The molecule has 5 aliphatic rings. The van der Waals surface area contributed by atoms with Gasteiger partial charge in [-0.3, -0.25) is 14.4 Å². The zero-order chi connectivity index (χ0) is 32.7. The fourth-order valence-corrected chi connectivity index (χ4v) is 12.4. The molecular weight excluding hydrogens is 558 g/mol. The van der Waals surface area contributed by atoms with Gasteiger partial charge in [0, 0.05) is 18.8 Å². The van der Waals surface area contributed by atoms with Crippen LogP contribution in [0, 0.1) is 50.7 Å². The van der Waals surface area contributed by atoms with E-state index in [2.05, 4.69) is 72.8 Å². The van der Waals surface area contributed by atoms with Crippen LogP contribution in [0.3, 0.4) is 0 Å². The van der Waals surface area contributed by atoms with E-state index in [1.54, 1.807) is 6.92 Å². The molecular formula is C40H57NO4. The highest BCUT2D eigenvalue weighted by molar-refractivity contribution is 6.07. The van der Waals surface area contributed by atoms with Crippen LogP contribution in [0.25, 0.3) is 0 Å². The maximum Gasteiger partial charge on any atom is 0.302 e. The summed E-state index contributed by atoms with van der Waals surface area (Å²) >= 11 is 0. The summed E-state index contributed by atoms with van der Waals surface area (Å²) in [6.45, 7) is 20.2. The van der Waals surface area contributed by atoms with E-state index in [1.165, 1.54) is 5.57 Å². The first-order chi connectivity index (χ1) is 21.0. The molecule has 1 aromatic rings. The zero-order valence-corrected chi connectivity index (χ0v) is 29.3. The fraction of sp³-hybridized carbons (Fsp3) is 0.725. The number of fused-ring (bicyclic) bond motifs is 7. The molecule has 0 aromatic heterocycles. The van der Waals surface area contributed by atoms with Gasteiger partial charge in [0.1, 0.15) is 6.10 Å². The van der Waals surface area contributed by atoms with Crippen molar-refractivity contribution in [3.63, 3.8) is 0 Å². The maximum atomic E-state index is 14.5. The second-order valence-corrected chi connectivity index (χ2v) is 17.3. The Bertz CT molecular complexity index is 1410. The fourth-order valence-electron chi connectivity index (χ4n) is 12.4. The van der Waals surface area contributed by atoms with Crippen LogP contribution < -0.4 is 5.32 Å². The first-order valence-corrected chi connectivity index (χ1v) is 17.8. The second kappa shape index (κ2) is 10.8. The molecule has 4 saturated carbocycles. The van der Waals surface area contributed by atoms with Crippen molar-refractivity contribution in [2.24, 2.45) is 50.7 Å². The van der Waals surface area contributed by atoms with Crippen molar-refractivity contribution in [3.8, 4) is 0 Å². The smallest absolute Gasteiger partial charge is 0.302 e. The molecule has 0 heterocycles. The number of esters is 1. The van der Waals surface area contributed by atoms with Crippen LogP contribution in [0.5, 0.6) is 0 Å². The number of ether oxygens (including phenoxy) is 1. The summed E-state index contributed by atoms with van der Waals surface area (Å²) in [4.78, 5) is 40.5. The first-order valence-electron chi connectivity index (χ1n) is 17.8. The van der Waals surface area contributed by atoms with E-state index >= 15 is 0 Å². The number of carbonyl (C=O) groups excluding carboxylic acids is 3. The number of nitrogens with one attached hydrogen (secondary N) is 1. The van der Waals surface area contributed by atoms with Crippen molar-refractivity contribution in [2.45, 2.75) is 132 Å². The number of benzene rings is 1. The normalized spacial score (nSPS) is 41.0. The minimum Gasteiger partial charge on any atom is -0.462 e. The van der Waals surface area contributed by atoms with Crippen LogP contribution in [0.15, 0.2) is 41.5 Å². The lowest BCUT2D eigenvalue weighted by Crippen LogP contribution is -2.66. The third-order valence-corrected chi connectivity index (χ3v) is 14.8. The van der Waals surface area contributed by atoms with Gasteiger partial charge in [0.25, 0.3) is 0 Å². The van der Waals surface area contributed by atoms with Crippen LogP contribution in [0.4, 0.5) is 0 Å². The van der Waals surface area contributed by atoms with Crippen molar-refractivity contribution >= 4 is 17.7 Å². The van der Waals surface area contributed by atoms with Gasteiger partial charge in [-0.15, -0.1) is 0 Å². The summed E-state index contributed by atoms with van der Waals surface area (Å²) < 4.78 is 5.93. The average Bonchev–Trinajstić information content (AvgIpc) is 3.28. The molecule has 1 aromatic carbocycles. The van der Waals surface area contributed by atoms with E-state index in [9.17, 15) is 14.4 Å². The highest BCUT2D eigenvalue weighted by Crippen LogP contribution is 2.76. The van der Waals surface area contributed by atoms with Gasteiger partial charge in [0.2, 0.25) is 5.91 Å². The molecule has 1 N–H and O–H groups in total. The number of hydrogen-bond acceptors (Lipinski definition) is 4.